The van der Waals surface area contributed by atoms with Crippen molar-refractivity contribution in [1.82, 2.24) is 0 Å². The van der Waals surface area contributed by atoms with Gasteiger partial charge in [0.25, 0.3) is 0 Å². The highest BCUT2D eigenvalue weighted by atomic mass is 79.9. The Labute approximate surface area is 131 Å². The van der Waals surface area contributed by atoms with E-state index in [4.69, 9.17) is 16.3 Å². The van der Waals surface area contributed by atoms with Gasteiger partial charge in [0.15, 0.2) is 0 Å². The molecule has 0 saturated heterocycles. The van der Waals surface area contributed by atoms with Gasteiger partial charge in [-0.1, -0.05) is 33.6 Å². The van der Waals surface area contributed by atoms with Crippen molar-refractivity contribution in [3.63, 3.8) is 0 Å². The van der Waals surface area contributed by atoms with Crippen LogP contribution in [0.15, 0.2) is 34.8 Å². The molecule has 4 heteroatoms. The van der Waals surface area contributed by atoms with Crippen LogP contribution in [0, 0.1) is 20.8 Å². The van der Waals surface area contributed by atoms with E-state index in [1.807, 2.05) is 26.8 Å². The van der Waals surface area contributed by atoms with Crippen molar-refractivity contribution in [2.75, 3.05) is 0 Å². The summed E-state index contributed by atoms with van der Waals surface area (Å²) >= 11 is 9.50. The lowest BCUT2D eigenvalue weighted by atomic mass is 10.1. The van der Waals surface area contributed by atoms with Gasteiger partial charge in [0.05, 0.1) is 5.56 Å². The zero-order valence-electron chi connectivity index (χ0n) is 11.5. The molecular weight excluding hydrogens is 340 g/mol. The zero-order chi connectivity index (χ0) is 14.9. The van der Waals surface area contributed by atoms with Crippen LogP contribution in [-0.4, -0.2) is 5.97 Å². The summed E-state index contributed by atoms with van der Waals surface area (Å²) in [4.78, 5) is 12.1. The average molecular weight is 354 g/mol. The first-order valence-corrected chi connectivity index (χ1v) is 7.30. The number of hydrogen-bond donors (Lipinski definition) is 0. The van der Waals surface area contributed by atoms with E-state index in [-0.39, 0.29) is 5.97 Å². The molecule has 2 aromatic rings. The maximum Gasteiger partial charge on any atom is 0.343 e. The normalized spacial score (nSPS) is 10.4. The maximum atomic E-state index is 12.1. The molecule has 0 aromatic heterocycles. The average Bonchev–Trinajstić information content (AvgIpc) is 2.39. The van der Waals surface area contributed by atoms with Crippen molar-refractivity contribution < 1.29 is 9.53 Å². The standard InChI is InChI=1S/C16H14BrClO2/c1-9-4-5-12(8-14(9)17)16(19)20-13-6-10(2)15(18)11(3)7-13/h4-8H,1-3H3. The second kappa shape index (κ2) is 5.98. The summed E-state index contributed by atoms with van der Waals surface area (Å²) in [7, 11) is 0. The number of ether oxygens (including phenoxy) is 1. The number of rotatable bonds is 2. The number of halogens is 2. The summed E-state index contributed by atoms with van der Waals surface area (Å²) in [6.45, 7) is 5.73. The highest BCUT2D eigenvalue weighted by Gasteiger charge is 2.11. The molecule has 0 aliphatic rings. The number of carbonyl (C=O) groups excluding carboxylic acids is 1. The van der Waals surface area contributed by atoms with E-state index in [2.05, 4.69) is 15.9 Å². The van der Waals surface area contributed by atoms with E-state index < -0.39 is 0 Å². The van der Waals surface area contributed by atoms with Crippen LogP contribution in [0.1, 0.15) is 27.0 Å². The van der Waals surface area contributed by atoms with Crippen molar-refractivity contribution >= 4 is 33.5 Å². The first kappa shape index (κ1) is 15.1. The second-order valence-corrected chi connectivity index (χ2v) is 5.96. The van der Waals surface area contributed by atoms with Gasteiger partial charge in [-0.3, -0.25) is 0 Å². The first-order valence-electron chi connectivity index (χ1n) is 6.13. The number of carbonyl (C=O) groups is 1. The van der Waals surface area contributed by atoms with Gasteiger partial charge in [0.1, 0.15) is 5.75 Å². The predicted octanol–water partition coefficient (Wildman–Crippen LogP) is 5.25. The van der Waals surface area contributed by atoms with E-state index in [1.54, 1.807) is 24.3 Å². The molecule has 0 bridgehead atoms. The van der Waals surface area contributed by atoms with Crippen molar-refractivity contribution in [3.05, 3.63) is 62.1 Å². The molecule has 0 fully saturated rings. The Kier molecular flexibility index (Phi) is 4.51. The minimum atomic E-state index is -0.383. The fourth-order valence-corrected chi connectivity index (χ4v) is 2.34. The predicted molar refractivity (Wildman–Crippen MR) is 84.8 cm³/mol. The third kappa shape index (κ3) is 3.22. The summed E-state index contributed by atoms with van der Waals surface area (Å²) in [5.74, 6) is 0.123. The molecule has 0 amide bonds. The molecular formula is C16H14BrClO2. The molecule has 0 aliphatic carbocycles. The van der Waals surface area contributed by atoms with Gasteiger partial charge in [-0.2, -0.15) is 0 Å². The molecule has 2 aromatic carbocycles. The SMILES string of the molecule is Cc1ccc(C(=O)Oc2cc(C)c(Cl)c(C)c2)cc1Br. The Morgan fingerprint density at radius 2 is 1.65 bits per heavy atom. The fourth-order valence-electron chi connectivity index (χ4n) is 1.85. The molecule has 2 rings (SSSR count). The Balaban J connectivity index is 2.25. The van der Waals surface area contributed by atoms with Crippen LogP contribution in [0.2, 0.25) is 5.02 Å². The van der Waals surface area contributed by atoms with Crippen LogP contribution in [0.3, 0.4) is 0 Å². The van der Waals surface area contributed by atoms with Gasteiger partial charge in [-0.25, -0.2) is 4.79 Å². The highest BCUT2D eigenvalue weighted by Crippen LogP contribution is 2.26. The third-order valence-electron chi connectivity index (χ3n) is 3.03. The third-order valence-corrected chi connectivity index (χ3v) is 4.48. The van der Waals surface area contributed by atoms with Gasteiger partial charge in [-0.15, -0.1) is 0 Å². The van der Waals surface area contributed by atoms with Gasteiger partial charge in [-0.05, 0) is 61.7 Å². The van der Waals surface area contributed by atoms with Crippen molar-refractivity contribution in [1.29, 1.82) is 0 Å². The summed E-state index contributed by atoms with van der Waals surface area (Å²) < 4.78 is 6.28. The highest BCUT2D eigenvalue weighted by molar-refractivity contribution is 9.10. The molecule has 0 aliphatic heterocycles. The lowest BCUT2D eigenvalue weighted by molar-refractivity contribution is 0.0734. The van der Waals surface area contributed by atoms with Crippen molar-refractivity contribution in [3.8, 4) is 5.75 Å². The summed E-state index contributed by atoms with van der Waals surface area (Å²) in [5, 5.41) is 0.697. The van der Waals surface area contributed by atoms with E-state index in [1.165, 1.54) is 0 Å². The molecule has 0 atom stereocenters. The van der Waals surface area contributed by atoms with Crippen LogP contribution in [-0.2, 0) is 0 Å². The quantitative estimate of drug-likeness (QED) is 0.544. The number of benzene rings is 2. The van der Waals surface area contributed by atoms with Gasteiger partial charge in [0.2, 0.25) is 0 Å². The number of aryl methyl sites for hydroxylation is 3. The molecule has 0 heterocycles. The van der Waals surface area contributed by atoms with E-state index in [9.17, 15) is 4.79 Å². The van der Waals surface area contributed by atoms with Crippen LogP contribution in [0.4, 0.5) is 0 Å². The van der Waals surface area contributed by atoms with Gasteiger partial charge in [0, 0.05) is 9.50 Å². The first-order chi connectivity index (χ1) is 9.38. The molecule has 104 valence electrons. The van der Waals surface area contributed by atoms with Crippen LogP contribution in [0.25, 0.3) is 0 Å². The molecule has 20 heavy (non-hydrogen) atoms. The topological polar surface area (TPSA) is 26.3 Å². The van der Waals surface area contributed by atoms with Gasteiger partial charge < -0.3 is 4.74 Å². The molecule has 2 nitrogen and oxygen atoms in total. The van der Waals surface area contributed by atoms with Crippen LogP contribution in [0.5, 0.6) is 5.75 Å². The number of esters is 1. The van der Waals surface area contributed by atoms with E-state index >= 15 is 0 Å². The zero-order valence-corrected chi connectivity index (χ0v) is 13.8. The summed E-state index contributed by atoms with van der Waals surface area (Å²) in [6.07, 6.45) is 0. The van der Waals surface area contributed by atoms with Crippen molar-refractivity contribution in [2.24, 2.45) is 0 Å². The number of hydrogen-bond acceptors (Lipinski definition) is 2. The molecule has 0 radical (unpaired) electrons. The summed E-state index contributed by atoms with van der Waals surface area (Å²) in [6, 6.07) is 8.90. The Hall–Kier alpha value is -1.32. The monoisotopic (exact) mass is 352 g/mol. The lowest BCUT2D eigenvalue weighted by Gasteiger charge is -2.09. The maximum absolute atomic E-state index is 12.1. The Morgan fingerprint density at radius 1 is 1.05 bits per heavy atom. The minimum absolute atomic E-state index is 0.383. The summed E-state index contributed by atoms with van der Waals surface area (Å²) in [5.41, 5.74) is 3.35. The second-order valence-electron chi connectivity index (χ2n) is 4.72. The van der Waals surface area contributed by atoms with Crippen LogP contribution < -0.4 is 4.74 Å². The largest absolute Gasteiger partial charge is 0.423 e. The van der Waals surface area contributed by atoms with Gasteiger partial charge >= 0.3 is 5.97 Å². The molecule has 0 spiro atoms. The fraction of sp³-hybridized carbons (Fsp3) is 0.188. The molecule has 0 N–H and O–H groups in total. The molecule has 0 saturated carbocycles. The van der Waals surface area contributed by atoms with E-state index in [0.29, 0.717) is 16.3 Å². The lowest BCUT2D eigenvalue weighted by Crippen LogP contribution is -2.09. The Bertz CT molecular complexity index is 657. The molecule has 0 unspecified atom stereocenters. The Morgan fingerprint density at radius 3 is 2.20 bits per heavy atom. The van der Waals surface area contributed by atoms with Crippen LogP contribution >= 0.6 is 27.5 Å². The van der Waals surface area contributed by atoms with E-state index in [0.717, 1.165) is 21.2 Å². The smallest absolute Gasteiger partial charge is 0.343 e. The minimum Gasteiger partial charge on any atom is -0.423 e. The van der Waals surface area contributed by atoms with Crippen molar-refractivity contribution in [2.45, 2.75) is 20.8 Å².